The quantitative estimate of drug-likeness (QED) is 0.735. The molecule has 0 unspecified atom stereocenters. The second-order valence-corrected chi connectivity index (χ2v) is 3.47. The molecule has 0 bridgehead atoms. The fourth-order valence-electron chi connectivity index (χ4n) is 1.38. The molecule has 1 aromatic heterocycles. The molecular weight excluding hydrogens is 224 g/mol. The standard InChI is InChI=1S/C11H16N2O4/c1-16-6-8(7-17-2)12-10-5-3-4-9(13-10)11(14)15/h3-5,8H,6-7H2,1-2H3,(H,12,13)(H,14,15). The number of anilines is 1. The highest BCUT2D eigenvalue weighted by molar-refractivity contribution is 5.85. The number of pyridine rings is 1. The van der Waals surface area contributed by atoms with Crippen LogP contribution < -0.4 is 5.32 Å². The molecule has 0 saturated carbocycles. The number of aromatic nitrogens is 1. The molecule has 0 amide bonds. The van der Waals surface area contributed by atoms with Gasteiger partial charge in [0.1, 0.15) is 5.82 Å². The predicted molar refractivity (Wildman–Crippen MR) is 62.4 cm³/mol. The largest absolute Gasteiger partial charge is 0.477 e. The Labute approximate surface area is 99.6 Å². The highest BCUT2D eigenvalue weighted by Crippen LogP contribution is 2.07. The summed E-state index contributed by atoms with van der Waals surface area (Å²) in [5.74, 6) is -0.562. The van der Waals surface area contributed by atoms with Crippen LogP contribution in [0.2, 0.25) is 0 Å². The number of carboxylic acids is 1. The maximum Gasteiger partial charge on any atom is 0.354 e. The van der Waals surface area contributed by atoms with Crippen molar-refractivity contribution < 1.29 is 19.4 Å². The molecule has 1 heterocycles. The third-order valence-corrected chi connectivity index (χ3v) is 2.06. The van der Waals surface area contributed by atoms with E-state index in [0.717, 1.165) is 0 Å². The van der Waals surface area contributed by atoms with Crippen molar-refractivity contribution in [1.29, 1.82) is 0 Å². The predicted octanol–water partition coefficient (Wildman–Crippen LogP) is 0.853. The number of aromatic carboxylic acids is 1. The average Bonchev–Trinajstić information content (AvgIpc) is 2.30. The molecule has 0 atom stereocenters. The van der Waals surface area contributed by atoms with E-state index in [2.05, 4.69) is 10.3 Å². The zero-order valence-electron chi connectivity index (χ0n) is 9.84. The molecule has 17 heavy (non-hydrogen) atoms. The van der Waals surface area contributed by atoms with Crippen molar-refractivity contribution in [3.05, 3.63) is 23.9 Å². The number of ether oxygens (including phenoxy) is 2. The summed E-state index contributed by atoms with van der Waals surface area (Å²) >= 11 is 0. The Bertz CT molecular complexity index is 364. The van der Waals surface area contributed by atoms with Gasteiger partial charge in [0.2, 0.25) is 0 Å². The second kappa shape index (κ2) is 6.82. The van der Waals surface area contributed by atoms with Crippen LogP contribution in [-0.4, -0.2) is 49.5 Å². The minimum atomic E-state index is -1.05. The van der Waals surface area contributed by atoms with Crippen molar-refractivity contribution in [1.82, 2.24) is 4.98 Å². The SMILES string of the molecule is COCC(COC)Nc1cccc(C(=O)O)n1. The lowest BCUT2D eigenvalue weighted by atomic mass is 10.3. The normalized spacial score (nSPS) is 10.5. The average molecular weight is 240 g/mol. The molecule has 6 heteroatoms. The van der Waals surface area contributed by atoms with Gasteiger partial charge in [0.15, 0.2) is 5.69 Å². The topological polar surface area (TPSA) is 80.7 Å². The lowest BCUT2D eigenvalue weighted by Crippen LogP contribution is -2.30. The van der Waals surface area contributed by atoms with Crippen LogP contribution in [0.3, 0.4) is 0 Å². The molecule has 0 saturated heterocycles. The Morgan fingerprint density at radius 3 is 2.59 bits per heavy atom. The molecule has 0 fully saturated rings. The molecule has 0 spiro atoms. The van der Waals surface area contributed by atoms with Crippen molar-refractivity contribution in [3.63, 3.8) is 0 Å². The van der Waals surface area contributed by atoms with Gasteiger partial charge in [-0.15, -0.1) is 0 Å². The highest BCUT2D eigenvalue weighted by Gasteiger charge is 2.10. The van der Waals surface area contributed by atoms with Crippen LogP contribution in [0.25, 0.3) is 0 Å². The summed E-state index contributed by atoms with van der Waals surface area (Å²) < 4.78 is 10.0. The van der Waals surface area contributed by atoms with Crippen LogP contribution in [0.1, 0.15) is 10.5 Å². The lowest BCUT2D eigenvalue weighted by Gasteiger charge is -2.17. The van der Waals surface area contributed by atoms with Crippen molar-refractivity contribution in [3.8, 4) is 0 Å². The lowest BCUT2D eigenvalue weighted by molar-refractivity contribution is 0.0690. The number of hydrogen-bond acceptors (Lipinski definition) is 5. The van der Waals surface area contributed by atoms with E-state index in [-0.39, 0.29) is 11.7 Å². The van der Waals surface area contributed by atoms with E-state index < -0.39 is 5.97 Å². The van der Waals surface area contributed by atoms with Crippen LogP contribution in [0.4, 0.5) is 5.82 Å². The summed E-state index contributed by atoms with van der Waals surface area (Å²) in [5.41, 5.74) is 0.00332. The number of methoxy groups -OCH3 is 2. The van der Waals surface area contributed by atoms with Crippen LogP contribution in [0.15, 0.2) is 18.2 Å². The second-order valence-electron chi connectivity index (χ2n) is 3.47. The van der Waals surface area contributed by atoms with E-state index in [1.807, 2.05) is 0 Å². The minimum absolute atomic E-state index is 0.00332. The van der Waals surface area contributed by atoms with E-state index in [1.54, 1.807) is 26.4 Å². The van der Waals surface area contributed by atoms with Crippen LogP contribution in [-0.2, 0) is 9.47 Å². The monoisotopic (exact) mass is 240 g/mol. The van der Waals surface area contributed by atoms with Gasteiger partial charge in [0.05, 0.1) is 19.3 Å². The molecule has 94 valence electrons. The van der Waals surface area contributed by atoms with Gasteiger partial charge in [-0.1, -0.05) is 6.07 Å². The van der Waals surface area contributed by atoms with Gasteiger partial charge in [0.25, 0.3) is 0 Å². The molecule has 2 N–H and O–H groups in total. The molecule has 6 nitrogen and oxygen atoms in total. The maximum atomic E-state index is 10.8. The van der Waals surface area contributed by atoms with Crippen molar-refractivity contribution in [2.24, 2.45) is 0 Å². The molecule has 0 aliphatic heterocycles. The molecule has 0 aromatic carbocycles. The van der Waals surface area contributed by atoms with Gasteiger partial charge in [-0.2, -0.15) is 0 Å². The van der Waals surface area contributed by atoms with Crippen LogP contribution >= 0.6 is 0 Å². The van der Waals surface area contributed by atoms with Gasteiger partial charge in [-0.3, -0.25) is 0 Å². The van der Waals surface area contributed by atoms with E-state index in [0.29, 0.717) is 19.0 Å². The summed E-state index contributed by atoms with van der Waals surface area (Å²) in [5, 5.41) is 11.9. The van der Waals surface area contributed by atoms with Gasteiger partial charge in [0, 0.05) is 14.2 Å². The van der Waals surface area contributed by atoms with Crippen molar-refractivity contribution >= 4 is 11.8 Å². The molecule has 1 rings (SSSR count). The summed E-state index contributed by atoms with van der Waals surface area (Å²) in [6.07, 6.45) is 0. The number of hydrogen-bond donors (Lipinski definition) is 2. The smallest absolute Gasteiger partial charge is 0.354 e. The molecule has 0 radical (unpaired) electrons. The summed E-state index contributed by atoms with van der Waals surface area (Å²) in [6.45, 7) is 0.902. The van der Waals surface area contributed by atoms with E-state index in [4.69, 9.17) is 14.6 Å². The van der Waals surface area contributed by atoms with Gasteiger partial charge >= 0.3 is 5.97 Å². The molecule has 0 aliphatic rings. The number of carbonyl (C=O) groups is 1. The molecule has 1 aromatic rings. The molecular formula is C11H16N2O4. The maximum absolute atomic E-state index is 10.8. The Kier molecular flexibility index (Phi) is 5.38. The first-order chi connectivity index (χ1) is 8.17. The van der Waals surface area contributed by atoms with Crippen molar-refractivity contribution in [2.75, 3.05) is 32.8 Å². The number of carboxylic acid groups (broad SMARTS) is 1. The summed E-state index contributed by atoms with van der Waals surface area (Å²) in [4.78, 5) is 14.7. The Balaban J connectivity index is 2.71. The van der Waals surface area contributed by atoms with Crippen molar-refractivity contribution in [2.45, 2.75) is 6.04 Å². The Morgan fingerprint density at radius 2 is 2.06 bits per heavy atom. The zero-order valence-corrected chi connectivity index (χ0v) is 9.84. The van der Waals surface area contributed by atoms with E-state index >= 15 is 0 Å². The summed E-state index contributed by atoms with van der Waals surface area (Å²) in [7, 11) is 3.18. The zero-order chi connectivity index (χ0) is 12.7. The fraction of sp³-hybridized carbons (Fsp3) is 0.455. The van der Waals surface area contributed by atoms with E-state index in [9.17, 15) is 4.79 Å². The van der Waals surface area contributed by atoms with Gasteiger partial charge < -0.3 is 19.9 Å². The van der Waals surface area contributed by atoms with Crippen LogP contribution in [0, 0.1) is 0 Å². The first-order valence-electron chi connectivity index (χ1n) is 5.12. The Morgan fingerprint density at radius 1 is 1.41 bits per heavy atom. The number of nitrogens with zero attached hydrogens (tertiary/aromatic N) is 1. The van der Waals surface area contributed by atoms with Gasteiger partial charge in [-0.05, 0) is 12.1 Å². The van der Waals surface area contributed by atoms with Crippen LogP contribution in [0.5, 0.6) is 0 Å². The summed E-state index contributed by atoms with van der Waals surface area (Å²) in [6, 6.07) is 4.71. The first kappa shape index (κ1) is 13.4. The first-order valence-corrected chi connectivity index (χ1v) is 5.12. The Hall–Kier alpha value is -1.66. The van der Waals surface area contributed by atoms with E-state index in [1.165, 1.54) is 6.07 Å². The van der Waals surface area contributed by atoms with Gasteiger partial charge in [-0.25, -0.2) is 9.78 Å². The molecule has 0 aliphatic carbocycles. The third-order valence-electron chi connectivity index (χ3n) is 2.06. The third kappa shape index (κ3) is 4.38. The number of rotatable bonds is 7. The number of nitrogens with one attached hydrogen (secondary N) is 1. The minimum Gasteiger partial charge on any atom is -0.477 e. The highest BCUT2D eigenvalue weighted by atomic mass is 16.5. The fourth-order valence-corrected chi connectivity index (χ4v) is 1.38.